The van der Waals surface area contributed by atoms with Crippen molar-refractivity contribution < 1.29 is 0 Å². The minimum Gasteiger partial charge on any atom is -0.0622 e. The van der Waals surface area contributed by atoms with Gasteiger partial charge in [0.05, 0.1) is 0 Å². The van der Waals surface area contributed by atoms with Gasteiger partial charge in [0, 0.05) is 0 Å². The lowest BCUT2D eigenvalue weighted by atomic mass is 9.95. The highest BCUT2D eigenvalue weighted by molar-refractivity contribution is 7.73. The van der Waals surface area contributed by atoms with E-state index in [1.165, 1.54) is 84.8 Å². The Bertz CT molecular complexity index is 836. The molecule has 0 heterocycles. The standard InChI is InChI=1S/C30H39P/c1-25-23-26(2)30(27(3)24-25)21-15-7-5-4-6-8-16-22-31(28-17-11-9-12-18-28)29-19-13-10-14-20-29/h9-14,17-20,23-24H,4-8,15-16,21-22H2,1-3H3. The van der Waals surface area contributed by atoms with E-state index in [9.17, 15) is 0 Å². The summed E-state index contributed by atoms with van der Waals surface area (Å²) in [6, 6.07) is 26.9. The number of benzene rings is 3. The first-order valence-corrected chi connectivity index (χ1v) is 13.6. The van der Waals surface area contributed by atoms with Gasteiger partial charge in [0.1, 0.15) is 0 Å². The first kappa shape index (κ1) is 23.7. The van der Waals surface area contributed by atoms with Gasteiger partial charge in [-0.05, 0) is 81.4 Å². The molecule has 164 valence electrons. The van der Waals surface area contributed by atoms with Crippen LogP contribution in [0, 0.1) is 20.8 Å². The molecule has 3 rings (SSSR count). The van der Waals surface area contributed by atoms with Crippen molar-refractivity contribution in [3.8, 4) is 0 Å². The fourth-order valence-corrected chi connectivity index (χ4v) is 7.10. The van der Waals surface area contributed by atoms with Crippen LogP contribution < -0.4 is 10.6 Å². The van der Waals surface area contributed by atoms with Crippen molar-refractivity contribution in [2.75, 3.05) is 6.16 Å². The summed E-state index contributed by atoms with van der Waals surface area (Å²) in [5, 5.41) is 3.04. The Hall–Kier alpha value is -1.91. The molecule has 0 saturated heterocycles. The maximum atomic E-state index is 2.34. The zero-order valence-corrected chi connectivity index (χ0v) is 20.6. The molecule has 0 aliphatic carbocycles. The second-order valence-corrected chi connectivity index (χ2v) is 11.3. The first-order chi connectivity index (χ1) is 15.1. The molecular formula is C30H39P. The predicted octanol–water partition coefficient (Wildman–Crippen LogP) is 8.02. The van der Waals surface area contributed by atoms with Crippen molar-refractivity contribution in [3.63, 3.8) is 0 Å². The molecule has 0 saturated carbocycles. The number of rotatable bonds is 12. The molecule has 0 aliphatic heterocycles. The SMILES string of the molecule is Cc1cc(C)c(CCCCCCCCCP(c2ccccc2)c2ccccc2)c(C)c1. The minimum absolute atomic E-state index is 0.216. The number of hydrogen-bond acceptors (Lipinski definition) is 0. The summed E-state index contributed by atoms with van der Waals surface area (Å²) in [7, 11) is -0.216. The molecule has 31 heavy (non-hydrogen) atoms. The van der Waals surface area contributed by atoms with Crippen molar-refractivity contribution >= 4 is 18.5 Å². The van der Waals surface area contributed by atoms with Crippen LogP contribution in [-0.2, 0) is 6.42 Å². The maximum Gasteiger partial charge on any atom is -0.0195 e. The Morgan fingerprint density at radius 1 is 0.548 bits per heavy atom. The zero-order chi connectivity index (χ0) is 21.9. The summed E-state index contributed by atoms with van der Waals surface area (Å²) in [4.78, 5) is 0. The highest BCUT2D eigenvalue weighted by atomic mass is 31.1. The monoisotopic (exact) mass is 430 g/mol. The largest absolute Gasteiger partial charge is 0.0622 e. The molecule has 0 bridgehead atoms. The quantitative estimate of drug-likeness (QED) is 0.202. The molecule has 0 unspecified atom stereocenters. The van der Waals surface area contributed by atoms with Crippen molar-refractivity contribution in [3.05, 3.63) is 95.1 Å². The molecular weight excluding hydrogens is 391 g/mol. The fraction of sp³-hybridized carbons (Fsp3) is 0.400. The van der Waals surface area contributed by atoms with Gasteiger partial charge in [-0.15, -0.1) is 0 Å². The van der Waals surface area contributed by atoms with E-state index in [-0.39, 0.29) is 7.92 Å². The Morgan fingerprint density at radius 3 is 1.52 bits per heavy atom. The molecule has 0 nitrogen and oxygen atoms in total. The minimum atomic E-state index is -0.216. The number of aryl methyl sites for hydroxylation is 3. The van der Waals surface area contributed by atoms with Crippen molar-refractivity contribution in [1.29, 1.82) is 0 Å². The van der Waals surface area contributed by atoms with E-state index in [1.807, 2.05) is 0 Å². The number of hydrogen-bond donors (Lipinski definition) is 0. The van der Waals surface area contributed by atoms with Gasteiger partial charge < -0.3 is 0 Å². The van der Waals surface area contributed by atoms with E-state index in [0.29, 0.717) is 0 Å². The molecule has 0 N–H and O–H groups in total. The molecule has 0 aromatic heterocycles. The first-order valence-electron chi connectivity index (χ1n) is 12.1. The lowest BCUT2D eigenvalue weighted by Gasteiger charge is -2.18. The maximum absolute atomic E-state index is 2.34. The van der Waals surface area contributed by atoms with Gasteiger partial charge in [0.25, 0.3) is 0 Å². The van der Waals surface area contributed by atoms with Gasteiger partial charge >= 0.3 is 0 Å². The highest BCUT2D eigenvalue weighted by Gasteiger charge is 2.12. The Labute approximate surface area is 191 Å². The van der Waals surface area contributed by atoms with Gasteiger partial charge in [-0.2, -0.15) is 0 Å². The van der Waals surface area contributed by atoms with E-state index < -0.39 is 0 Å². The van der Waals surface area contributed by atoms with Crippen LogP contribution >= 0.6 is 7.92 Å². The van der Waals surface area contributed by atoms with Crippen LogP contribution in [0.5, 0.6) is 0 Å². The van der Waals surface area contributed by atoms with Gasteiger partial charge in [0.15, 0.2) is 0 Å². The van der Waals surface area contributed by atoms with Crippen LogP contribution in [0.15, 0.2) is 72.8 Å². The molecule has 0 aliphatic rings. The van der Waals surface area contributed by atoms with E-state index in [4.69, 9.17) is 0 Å². The van der Waals surface area contributed by atoms with Gasteiger partial charge in [-0.1, -0.05) is 110 Å². The summed E-state index contributed by atoms with van der Waals surface area (Å²) in [5.74, 6) is 0. The van der Waals surface area contributed by atoms with Crippen LogP contribution in [0.25, 0.3) is 0 Å². The molecule has 3 aromatic rings. The molecule has 0 radical (unpaired) electrons. The van der Waals surface area contributed by atoms with Crippen molar-refractivity contribution in [2.45, 2.75) is 72.1 Å². The van der Waals surface area contributed by atoms with Crippen LogP contribution in [0.2, 0.25) is 0 Å². The second kappa shape index (κ2) is 12.8. The molecule has 3 aromatic carbocycles. The summed E-state index contributed by atoms with van der Waals surface area (Å²) >= 11 is 0. The molecule has 0 spiro atoms. The van der Waals surface area contributed by atoms with E-state index in [1.54, 1.807) is 5.56 Å². The van der Waals surface area contributed by atoms with Crippen LogP contribution in [0.1, 0.15) is 67.2 Å². The van der Waals surface area contributed by atoms with Crippen LogP contribution in [0.3, 0.4) is 0 Å². The smallest absolute Gasteiger partial charge is 0.0195 e. The summed E-state index contributed by atoms with van der Waals surface area (Å²) in [6.07, 6.45) is 12.1. The van der Waals surface area contributed by atoms with Crippen LogP contribution in [-0.4, -0.2) is 6.16 Å². The third-order valence-corrected chi connectivity index (χ3v) is 8.89. The second-order valence-electron chi connectivity index (χ2n) is 8.92. The third kappa shape index (κ3) is 7.62. The molecule has 1 heteroatoms. The van der Waals surface area contributed by atoms with Crippen LogP contribution in [0.4, 0.5) is 0 Å². The predicted molar refractivity (Wildman–Crippen MR) is 141 cm³/mol. The normalized spacial score (nSPS) is 11.2. The average Bonchev–Trinajstić information content (AvgIpc) is 2.77. The van der Waals surface area contributed by atoms with Crippen molar-refractivity contribution in [2.24, 2.45) is 0 Å². The Kier molecular flexibility index (Phi) is 9.83. The third-order valence-electron chi connectivity index (χ3n) is 6.28. The Balaban J connectivity index is 1.34. The highest BCUT2D eigenvalue weighted by Crippen LogP contribution is 2.34. The zero-order valence-electron chi connectivity index (χ0n) is 19.7. The van der Waals surface area contributed by atoms with Gasteiger partial charge in [0.2, 0.25) is 0 Å². The summed E-state index contributed by atoms with van der Waals surface area (Å²) in [6.45, 7) is 6.75. The van der Waals surface area contributed by atoms with E-state index in [0.717, 1.165) is 0 Å². The van der Waals surface area contributed by atoms with Gasteiger partial charge in [-0.25, -0.2) is 0 Å². The lowest BCUT2D eigenvalue weighted by molar-refractivity contribution is 0.589. The lowest BCUT2D eigenvalue weighted by Crippen LogP contribution is -2.13. The molecule has 0 amide bonds. The van der Waals surface area contributed by atoms with Gasteiger partial charge in [-0.3, -0.25) is 0 Å². The van der Waals surface area contributed by atoms with E-state index in [2.05, 4.69) is 93.6 Å². The fourth-order valence-electron chi connectivity index (χ4n) is 4.68. The average molecular weight is 431 g/mol. The number of unbranched alkanes of at least 4 members (excludes halogenated alkanes) is 6. The molecule has 0 atom stereocenters. The summed E-state index contributed by atoms with van der Waals surface area (Å²) in [5.41, 5.74) is 5.93. The van der Waals surface area contributed by atoms with Crippen molar-refractivity contribution in [1.82, 2.24) is 0 Å². The molecule has 0 fully saturated rings. The van der Waals surface area contributed by atoms with E-state index >= 15 is 0 Å². The summed E-state index contributed by atoms with van der Waals surface area (Å²) < 4.78 is 0. The topological polar surface area (TPSA) is 0 Å². The Morgan fingerprint density at radius 2 is 1.00 bits per heavy atom.